The molecule has 0 atom stereocenters. The zero-order valence-electron chi connectivity index (χ0n) is 6.07. The maximum absolute atomic E-state index is 12.4. The fourth-order valence-electron chi connectivity index (χ4n) is 0.866. The molecule has 0 aromatic carbocycles. The van der Waals surface area contributed by atoms with Crippen molar-refractivity contribution in [1.29, 1.82) is 0 Å². The Bertz CT molecular complexity index is 355. The molecule has 60 valence electrons. The second-order valence-electron chi connectivity index (χ2n) is 2.24. The van der Waals surface area contributed by atoms with Crippen LogP contribution in [0.25, 0.3) is 11.4 Å². The molecular formula is C8H5FN2O. The van der Waals surface area contributed by atoms with E-state index < -0.39 is 0 Å². The van der Waals surface area contributed by atoms with Gasteiger partial charge in [0.25, 0.3) is 0 Å². The number of oxazole rings is 1. The van der Waals surface area contributed by atoms with E-state index in [0.29, 0.717) is 11.4 Å². The lowest BCUT2D eigenvalue weighted by Crippen LogP contribution is -1.83. The van der Waals surface area contributed by atoms with Gasteiger partial charge in [0.1, 0.15) is 17.8 Å². The Labute approximate surface area is 67.9 Å². The molecule has 2 aromatic rings. The van der Waals surface area contributed by atoms with Crippen molar-refractivity contribution in [3.05, 3.63) is 36.8 Å². The molecule has 2 aromatic heterocycles. The minimum absolute atomic E-state index is 0.359. The van der Waals surface area contributed by atoms with E-state index in [4.69, 9.17) is 4.42 Å². The SMILES string of the molecule is Fc1ccc(-c2cocn2)nc1. The predicted octanol–water partition coefficient (Wildman–Crippen LogP) is 1.88. The minimum Gasteiger partial charge on any atom is -0.451 e. The highest BCUT2D eigenvalue weighted by molar-refractivity contribution is 5.51. The topological polar surface area (TPSA) is 38.9 Å². The van der Waals surface area contributed by atoms with Gasteiger partial charge in [0.15, 0.2) is 6.39 Å². The Kier molecular flexibility index (Phi) is 1.59. The number of hydrogen-bond acceptors (Lipinski definition) is 3. The molecule has 12 heavy (non-hydrogen) atoms. The van der Waals surface area contributed by atoms with Crippen LogP contribution >= 0.6 is 0 Å². The van der Waals surface area contributed by atoms with Crippen molar-refractivity contribution in [1.82, 2.24) is 9.97 Å². The van der Waals surface area contributed by atoms with E-state index >= 15 is 0 Å². The second-order valence-corrected chi connectivity index (χ2v) is 2.24. The Morgan fingerprint density at radius 3 is 2.67 bits per heavy atom. The predicted molar refractivity (Wildman–Crippen MR) is 39.7 cm³/mol. The third kappa shape index (κ3) is 1.18. The van der Waals surface area contributed by atoms with E-state index in [9.17, 15) is 4.39 Å². The molecular weight excluding hydrogens is 159 g/mol. The van der Waals surface area contributed by atoms with Gasteiger partial charge in [-0.25, -0.2) is 9.37 Å². The molecule has 0 radical (unpaired) electrons. The van der Waals surface area contributed by atoms with Crippen LogP contribution < -0.4 is 0 Å². The molecule has 0 saturated heterocycles. The number of rotatable bonds is 1. The summed E-state index contributed by atoms with van der Waals surface area (Å²) in [6.07, 6.45) is 3.91. The van der Waals surface area contributed by atoms with Gasteiger partial charge in [-0.05, 0) is 12.1 Å². The summed E-state index contributed by atoms with van der Waals surface area (Å²) in [5.74, 6) is -0.359. The molecule has 0 N–H and O–H groups in total. The lowest BCUT2D eigenvalue weighted by Gasteiger charge is -1.92. The summed E-state index contributed by atoms with van der Waals surface area (Å²) in [6, 6.07) is 2.88. The molecule has 0 aliphatic heterocycles. The minimum atomic E-state index is -0.359. The lowest BCUT2D eigenvalue weighted by atomic mass is 10.3. The lowest BCUT2D eigenvalue weighted by molar-refractivity contribution is 0.558. The monoisotopic (exact) mass is 164 g/mol. The molecule has 0 aliphatic carbocycles. The normalized spacial score (nSPS) is 10.1. The fourth-order valence-corrected chi connectivity index (χ4v) is 0.866. The highest BCUT2D eigenvalue weighted by atomic mass is 19.1. The Morgan fingerprint density at radius 1 is 1.17 bits per heavy atom. The van der Waals surface area contributed by atoms with Crippen LogP contribution in [0, 0.1) is 5.82 Å². The van der Waals surface area contributed by atoms with Gasteiger partial charge in [-0.2, -0.15) is 0 Å². The molecule has 0 spiro atoms. The molecule has 0 unspecified atom stereocenters. The molecule has 0 saturated carbocycles. The van der Waals surface area contributed by atoms with E-state index in [-0.39, 0.29) is 5.82 Å². The highest BCUT2D eigenvalue weighted by Crippen LogP contribution is 2.13. The number of nitrogens with zero attached hydrogens (tertiary/aromatic N) is 2. The van der Waals surface area contributed by atoms with Crippen molar-refractivity contribution in [2.75, 3.05) is 0 Å². The van der Waals surface area contributed by atoms with Gasteiger partial charge in [0, 0.05) is 0 Å². The van der Waals surface area contributed by atoms with Crippen molar-refractivity contribution in [3.63, 3.8) is 0 Å². The maximum Gasteiger partial charge on any atom is 0.181 e. The van der Waals surface area contributed by atoms with Gasteiger partial charge in [-0.3, -0.25) is 4.98 Å². The Balaban J connectivity index is 2.43. The van der Waals surface area contributed by atoms with E-state index in [2.05, 4.69) is 9.97 Å². The van der Waals surface area contributed by atoms with Gasteiger partial charge in [0.05, 0.1) is 11.9 Å². The zero-order valence-corrected chi connectivity index (χ0v) is 6.07. The van der Waals surface area contributed by atoms with Crippen LogP contribution in [0.4, 0.5) is 4.39 Å². The molecule has 4 heteroatoms. The smallest absolute Gasteiger partial charge is 0.181 e. The third-order valence-corrected chi connectivity index (χ3v) is 1.42. The number of hydrogen-bond donors (Lipinski definition) is 0. The van der Waals surface area contributed by atoms with Crippen LogP contribution in [-0.4, -0.2) is 9.97 Å². The highest BCUT2D eigenvalue weighted by Gasteiger charge is 2.00. The molecule has 3 nitrogen and oxygen atoms in total. The maximum atomic E-state index is 12.4. The number of halogens is 1. The summed E-state index contributed by atoms with van der Waals surface area (Å²) in [4.78, 5) is 7.69. The van der Waals surface area contributed by atoms with Crippen LogP contribution in [0.5, 0.6) is 0 Å². The van der Waals surface area contributed by atoms with E-state index in [0.717, 1.165) is 6.20 Å². The summed E-state index contributed by atoms with van der Waals surface area (Å²) in [7, 11) is 0. The van der Waals surface area contributed by atoms with Gasteiger partial charge in [-0.1, -0.05) is 0 Å². The summed E-state index contributed by atoms with van der Waals surface area (Å²) in [5.41, 5.74) is 1.21. The molecule has 0 amide bonds. The van der Waals surface area contributed by atoms with Crippen LogP contribution in [0.15, 0.2) is 35.4 Å². The standard InChI is InChI=1S/C8H5FN2O/c9-6-1-2-7(10-3-6)8-4-12-5-11-8/h1-5H. The third-order valence-electron chi connectivity index (χ3n) is 1.42. The average Bonchev–Trinajstić information content (AvgIpc) is 2.58. The quantitative estimate of drug-likeness (QED) is 0.645. The average molecular weight is 164 g/mol. The van der Waals surface area contributed by atoms with Crippen LogP contribution in [-0.2, 0) is 0 Å². The van der Waals surface area contributed by atoms with Crippen molar-refractivity contribution in [3.8, 4) is 11.4 Å². The van der Waals surface area contributed by atoms with Crippen molar-refractivity contribution in [2.45, 2.75) is 0 Å². The van der Waals surface area contributed by atoms with Crippen molar-refractivity contribution in [2.24, 2.45) is 0 Å². The van der Waals surface area contributed by atoms with Gasteiger partial charge < -0.3 is 4.42 Å². The van der Waals surface area contributed by atoms with E-state index in [1.54, 1.807) is 6.07 Å². The summed E-state index contributed by atoms with van der Waals surface area (Å²) >= 11 is 0. The van der Waals surface area contributed by atoms with Crippen molar-refractivity contribution < 1.29 is 8.81 Å². The fraction of sp³-hybridized carbons (Fsp3) is 0. The summed E-state index contributed by atoms with van der Waals surface area (Å²) in [5, 5.41) is 0. The van der Waals surface area contributed by atoms with Gasteiger partial charge in [0.2, 0.25) is 0 Å². The molecule has 2 heterocycles. The van der Waals surface area contributed by atoms with Crippen LogP contribution in [0.3, 0.4) is 0 Å². The first-order chi connectivity index (χ1) is 5.86. The molecule has 0 aliphatic rings. The van der Waals surface area contributed by atoms with Gasteiger partial charge in [-0.15, -0.1) is 0 Å². The molecule has 0 fully saturated rings. The second kappa shape index (κ2) is 2.73. The van der Waals surface area contributed by atoms with Gasteiger partial charge >= 0.3 is 0 Å². The summed E-state index contributed by atoms with van der Waals surface area (Å²) < 4.78 is 17.2. The molecule has 0 bridgehead atoms. The number of aromatic nitrogens is 2. The molecule has 2 rings (SSSR count). The zero-order chi connectivity index (χ0) is 8.39. The van der Waals surface area contributed by atoms with Crippen molar-refractivity contribution >= 4 is 0 Å². The van der Waals surface area contributed by atoms with E-state index in [1.165, 1.54) is 18.7 Å². The first-order valence-electron chi connectivity index (χ1n) is 3.36. The Morgan fingerprint density at radius 2 is 2.08 bits per heavy atom. The van der Waals surface area contributed by atoms with Crippen LogP contribution in [0.1, 0.15) is 0 Å². The van der Waals surface area contributed by atoms with E-state index in [1.807, 2.05) is 0 Å². The van der Waals surface area contributed by atoms with Crippen LogP contribution in [0.2, 0.25) is 0 Å². The summed E-state index contributed by atoms with van der Waals surface area (Å²) in [6.45, 7) is 0. The first kappa shape index (κ1) is 6.97. The first-order valence-corrected chi connectivity index (χ1v) is 3.36. The largest absolute Gasteiger partial charge is 0.451 e. The number of pyridine rings is 1. The Hall–Kier alpha value is -1.71.